The topological polar surface area (TPSA) is 106 Å². The molecule has 0 aromatic heterocycles. The molecule has 6 nitrogen and oxygen atoms in total. The minimum atomic E-state index is -1.13. The van der Waals surface area contributed by atoms with Crippen LogP contribution in [-0.2, 0) is 11.2 Å². The zero-order valence-electron chi connectivity index (χ0n) is 8.09. The van der Waals surface area contributed by atoms with E-state index in [0.29, 0.717) is 5.56 Å². The molecule has 0 bridgehead atoms. The molecule has 0 saturated carbocycles. The van der Waals surface area contributed by atoms with Crippen LogP contribution in [-0.4, -0.2) is 22.0 Å². The van der Waals surface area contributed by atoms with Gasteiger partial charge in [-0.15, -0.1) is 0 Å². The molecule has 1 aromatic rings. The summed E-state index contributed by atoms with van der Waals surface area (Å²) < 4.78 is 0. The lowest BCUT2D eigenvalue weighted by Gasteiger charge is -2.06. The van der Waals surface area contributed by atoms with Crippen LogP contribution >= 0.6 is 11.6 Å². The molecule has 0 saturated heterocycles. The summed E-state index contributed by atoms with van der Waals surface area (Å²) in [6, 6.07) is 2.97. The molecule has 16 heavy (non-hydrogen) atoms. The summed E-state index contributed by atoms with van der Waals surface area (Å²) in [6.07, 6.45) is 0.0764. The molecule has 0 radical (unpaired) electrons. The minimum Gasteiger partial charge on any atom is -0.480 e. The van der Waals surface area contributed by atoms with E-state index in [1.807, 2.05) is 0 Å². The molecular formula is C9H9ClN2O4. The molecule has 1 atom stereocenters. The van der Waals surface area contributed by atoms with Crippen molar-refractivity contribution in [3.05, 3.63) is 38.9 Å². The number of aliphatic carboxylic acids is 1. The first-order valence-corrected chi connectivity index (χ1v) is 4.71. The standard InChI is InChI=1S/C9H9ClN2O4/c10-6-3-5(4-7(11)9(13)14)1-2-8(6)12(15)16/h1-3,7H,4,11H2,(H,13,14). The van der Waals surface area contributed by atoms with E-state index in [1.54, 1.807) is 0 Å². The molecule has 1 unspecified atom stereocenters. The summed E-state index contributed by atoms with van der Waals surface area (Å²) in [5.74, 6) is -1.13. The molecule has 7 heteroatoms. The third-order valence-electron chi connectivity index (χ3n) is 1.98. The predicted molar refractivity (Wildman–Crippen MR) is 57.4 cm³/mol. The number of carboxylic acid groups (broad SMARTS) is 1. The molecule has 1 rings (SSSR count). The van der Waals surface area contributed by atoms with Gasteiger partial charge < -0.3 is 10.8 Å². The Morgan fingerprint density at radius 1 is 1.62 bits per heavy atom. The minimum absolute atomic E-state index is 0.0277. The van der Waals surface area contributed by atoms with Crippen molar-refractivity contribution in [2.24, 2.45) is 5.73 Å². The van der Waals surface area contributed by atoms with Crippen molar-refractivity contribution in [2.75, 3.05) is 0 Å². The second-order valence-electron chi connectivity index (χ2n) is 3.19. The summed E-state index contributed by atoms with van der Waals surface area (Å²) >= 11 is 5.66. The van der Waals surface area contributed by atoms with Gasteiger partial charge in [-0.2, -0.15) is 0 Å². The van der Waals surface area contributed by atoms with Crippen LogP contribution < -0.4 is 5.73 Å². The lowest BCUT2D eigenvalue weighted by atomic mass is 10.1. The van der Waals surface area contributed by atoms with E-state index in [-0.39, 0.29) is 17.1 Å². The maximum Gasteiger partial charge on any atom is 0.320 e. The monoisotopic (exact) mass is 244 g/mol. The van der Waals surface area contributed by atoms with E-state index in [1.165, 1.54) is 18.2 Å². The van der Waals surface area contributed by atoms with Gasteiger partial charge in [0, 0.05) is 6.07 Å². The normalized spacial score (nSPS) is 12.1. The summed E-state index contributed by atoms with van der Waals surface area (Å²) in [6.45, 7) is 0. The quantitative estimate of drug-likeness (QED) is 0.611. The summed E-state index contributed by atoms with van der Waals surface area (Å²) in [5.41, 5.74) is 5.65. The Labute approximate surface area is 95.8 Å². The molecule has 1 aromatic carbocycles. The van der Waals surface area contributed by atoms with Crippen LogP contribution in [0.4, 0.5) is 5.69 Å². The summed E-state index contributed by atoms with van der Waals surface area (Å²) in [7, 11) is 0. The number of nitro benzene ring substituents is 1. The Hall–Kier alpha value is -1.66. The lowest BCUT2D eigenvalue weighted by molar-refractivity contribution is -0.384. The molecule has 0 heterocycles. The van der Waals surface area contributed by atoms with Gasteiger partial charge in [0.2, 0.25) is 0 Å². The molecule has 0 aliphatic rings. The highest BCUT2D eigenvalue weighted by atomic mass is 35.5. The average molecular weight is 245 g/mol. The number of hydrogen-bond acceptors (Lipinski definition) is 4. The van der Waals surface area contributed by atoms with Gasteiger partial charge in [0.25, 0.3) is 5.69 Å². The SMILES string of the molecule is NC(Cc1ccc([N+](=O)[O-])c(Cl)c1)C(=O)O. The molecule has 0 fully saturated rings. The zero-order valence-corrected chi connectivity index (χ0v) is 8.85. The van der Waals surface area contributed by atoms with Crippen molar-refractivity contribution in [3.8, 4) is 0 Å². The second kappa shape index (κ2) is 4.91. The Morgan fingerprint density at radius 2 is 2.25 bits per heavy atom. The zero-order chi connectivity index (χ0) is 12.3. The van der Waals surface area contributed by atoms with Crippen LogP contribution in [0.2, 0.25) is 5.02 Å². The largest absolute Gasteiger partial charge is 0.480 e. The molecule has 3 N–H and O–H groups in total. The fourth-order valence-electron chi connectivity index (χ4n) is 1.17. The first-order chi connectivity index (χ1) is 7.41. The van der Waals surface area contributed by atoms with E-state index in [4.69, 9.17) is 22.4 Å². The van der Waals surface area contributed by atoms with Crippen molar-refractivity contribution < 1.29 is 14.8 Å². The van der Waals surface area contributed by atoms with E-state index >= 15 is 0 Å². The maximum absolute atomic E-state index is 10.5. The van der Waals surface area contributed by atoms with E-state index in [9.17, 15) is 14.9 Å². The van der Waals surface area contributed by atoms with E-state index in [0.717, 1.165) is 0 Å². The lowest BCUT2D eigenvalue weighted by Crippen LogP contribution is -2.32. The number of halogens is 1. The van der Waals surface area contributed by atoms with Crippen LogP contribution in [0.25, 0.3) is 0 Å². The molecule has 0 aliphatic heterocycles. The second-order valence-corrected chi connectivity index (χ2v) is 3.60. The maximum atomic E-state index is 10.5. The highest BCUT2D eigenvalue weighted by Crippen LogP contribution is 2.25. The number of nitrogens with zero attached hydrogens (tertiary/aromatic N) is 1. The van der Waals surface area contributed by atoms with Crippen LogP contribution in [0.5, 0.6) is 0 Å². The molecule has 0 aliphatic carbocycles. The van der Waals surface area contributed by atoms with Gasteiger partial charge in [-0.25, -0.2) is 0 Å². The third kappa shape index (κ3) is 2.91. The van der Waals surface area contributed by atoms with Crippen molar-refractivity contribution in [1.29, 1.82) is 0 Å². The molecule has 0 amide bonds. The van der Waals surface area contributed by atoms with Gasteiger partial charge in [-0.1, -0.05) is 17.7 Å². The van der Waals surface area contributed by atoms with Gasteiger partial charge in [-0.3, -0.25) is 14.9 Å². The number of nitro groups is 1. The van der Waals surface area contributed by atoms with E-state index < -0.39 is 16.9 Å². The van der Waals surface area contributed by atoms with Crippen LogP contribution in [0.1, 0.15) is 5.56 Å². The highest BCUT2D eigenvalue weighted by Gasteiger charge is 2.16. The number of carbonyl (C=O) groups is 1. The summed E-state index contributed by atoms with van der Waals surface area (Å²) in [4.78, 5) is 20.4. The first kappa shape index (κ1) is 12.4. The van der Waals surface area contributed by atoms with Gasteiger partial charge in [0.05, 0.1) is 4.92 Å². The number of nitrogens with two attached hydrogens (primary N) is 1. The third-order valence-corrected chi connectivity index (χ3v) is 2.28. The Morgan fingerprint density at radius 3 is 2.69 bits per heavy atom. The Kier molecular flexibility index (Phi) is 3.81. The Bertz CT molecular complexity index is 436. The Balaban J connectivity index is 2.89. The molecule has 0 spiro atoms. The smallest absolute Gasteiger partial charge is 0.320 e. The average Bonchev–Trinajstić information content (AvgIpc) is 2.16. The van der Waals surface area contributed by atoms with Crippen molar-refractivity contribution in [3.63, 3.8) is 0 Å². The molecule has 86 valence electrons. The number of benzene rings is 1. The first-order valence-electron chi connectivity index (χ1n) is 4.33. The number of rotatable bonds is 4. The highest BCUT2D eigenvalue weighted by molar-refractivity contribution is 6.32. The fraction of sp³-hybridized carbons (Fsp3) is 0.222. The van der Waals surface area contributed by atoms with Crippen LogP contribution in [0.3, 0.4) is 0 Å². The van der Waals surface area contributed by atoms with E-state index in [2.05, 4.69) is 0 Å². The molecular weight excluding hydrogens is 236 g/mol. The van der Waals surface area contributed by atoms with Gasteiger partial charge >= 0.3 is 5.97 Å². The predicted octanol–water partition coefficient (Wildman–Crippen LogP) is 1.20. The van der Waals surface area contributed by atoms with Gasteiger partial charge in [0.15, 0.2) is 0 Å². The van der Waals surface area contributed by atoms with Crippen LogP contribution in [0, 0.1) is 10.1 Å². The van der Waals surface area contributed by atoms with Gasteiger partial charge in [-0.05, 0) is 18.1 Å². The van der Waals surface area contributed by atoms with Crippen LogP contribution in [0.15, 0.2) is 18.2 Å². The number of hydrogen-bond donors (Lipinski definition) is 2. The fourth-order valence-corrected chi connectivity index (χ4v) is 1.44. The van der Waals surface area contributed by atoms with Gasteiger partial charge in [0.1, 0.15) is 11.1 Å². The van der Waals surface area contributed by atoms with Crippen molar-refractivity contribution >= 4 is 23.3 Å². The van der Waals surface area contributed by atoms with Crippen molar-refractivity contribution in [1.82, 2.24) is 0 Å². The van der Waals surface area contributed by atoms with Crippen molar-refractivity contribution in [2.45, 2.75) is 12.5 Å². The summed E-state index contributed by atoms with van der Waals surface area (Å²) in [5, 5.41) is 19.0. The number of carboxylic acids is 1.